The number of carbonyl (C=O) groups excluding carboxylic acids is 1. The van der Waals surface area contributed by atoms with Crippen LogP contribution in [0.15, 0.2) is 72.8 Å². The number of imidazole rings is 1. The maximum Gasteiger partial charge on any atom is 0.257 e. The van der Waals surface area contributed by atoms with Crippen molar-refractivity contribution in [2.75, 3.05) is 19.8 Å². The lowest BCUT2D eigenvalue weighted by Crippen LogP contribution is -2.30. The van der Waals surface area contributed by atoms with Crippen molar-refractivity contribution in [2.24, 2.45) is 0 Å². The molecule has 1 amide bonds. The SMILES string of the molecule is Cc1ccc(C)c(OCCCn2c(CCCNC(=O)COc3ccccc3)nc3ccccc32)c1. The molecule has 0 atom stereocenters. The van der Waals surface area contributed by atoms with Crippen molar-refractivity contribution in [1.29, 1.82) is 0 Å². The predicted octanol–water partition coefficient (Wildman–Crippen LogP) is 5.25. The van der Waals surface area contributed by atoms with Crippen LogP contribution in [-0.2, 0) is 17.8 Å². The molecule has 4 rings (SSSR count). The van der Waals surface area contributed by atoms with Gasteiger partial charge < -0.3 is 19.4 Å². The lowest BCUT2D eigenvalue weighted by atomic mass is 10.1. The average molecular weight is 472 g/mol. The Morgan fingerprint density at radius 1 is 0.943 bits per heavy atom. The number of aromatic nitrogens is 2. The van der Waals surface area contributed by atoms with Gasteiger partial charge in [0.2, 0.25) is 0 Å². The highest BCUT2D eigenvalue weighted by Crippen LogP contribution is 2.20. The molecular formula is C29H33N3O3. The molecule has 35 heavy (non-hydrogen) atoms. The number of para-hydroxylation sites is 3. The van der Waals surface area contributed by atoms with Crippen LogP contribution in [0.1, 0.15) is 29.8 Å². The average Bonchev–Trinajstić information content (AvgIpc) is 3.23. The molecule has 6 nitrogen and oxygen atoms in total. The van der Waals surface area contributed by atoms with Crippen LogP contribution in [-0.4, -0.2) is 35.2 Å². The number of fused-ring (bicyclic) bond motifs is 1. The smallest absolute Gasteiger partial charge is 0.257 e. The van der Waals surface area contributed by atoms with E-state index in [1.54, 1.807) is 0 Å². The van der Waals surface area contributed by atoms with Crippen molar-refractivity contribution in [3.63, 3.8) is 0 Å². The first-order chi connectivity index (χ1) is 17.1. The third kappa shape index (κ3) is 6.85. The number of carbonyl (C=O) groups is 1. The summed E-state index contributed by atoms with van der Waals surface area (Å²) in [5.41, 5.74) is 4.49. The summed E-state index contributed by atoms with van der Waals surface area (Å²) < 4.78 is 13.8. The van der Waals surface area contributed by atoms with Crippen LogP contribution in [0, 0.1) is 13.8 Å². The Hall–Kier alpha value is -3.80. The molecule has 0 radical (unpaired) electrons. The molecule has 6 heteroatoms. The number of rotatable bonds is 12. The third-order valence-electron chi connectivity index (χ3n) is 5.87. The highest BCUT2D eigenvalue weighted by Gasteiger charge is 2.11. The zero-order valence-electron chi connectivity index (χ0n) is 20.5. The van der Waals surface area contributed by atoms with E-state index in [9.17, 15) is 4.79 Å². The third-order valence-corrected chi connectivity index (χ3v) is 5.87. The number of nitrogens with one attached hydrogen (secondary N) is 1. The second-order valence-electron chi connectivity index (χ2n) is 8.69. The number of aryl methyl sites for hydroxylation is 4. The molecule has 0 aliphatic carbocycles. The number of benzene rings is 3. The van der Waals surface area contributed by atoms with Gasteiger partial charge in [-0.25, -0.2) is 4.98 Å². The molecule has 0 saturated heterocycles. The molecule has 1 aromatic heterocycles. The molecule has 0 unspecified atom stereocenters. The van der Waals surface area contributed by atoms with Gasteiger partial charge in [0.15, 0.2) is 6.61 Å². The Balaban J connectivity index is 1.27. The molecule has 0 aliphatic rings. The van der Waals surface area contributed by atoms with Gasteiger partial charge in [0.1, 0.15) is 17.3 Å². The van der Waals surface area contributed by atoms with E-state index in [-0.39, 0.29) is 12.5 Å². The number of ether oxygens (including phenoxy) is 2. The van der Waals surface area contributed by atoms with Crippen molar-refractivity contribution < 1.29 is 14.3 Å². The van der Waals surface area contributed by atoms with Crippen LogP contribution < -0.4 is 14.8 Å². The highest BCUT2D eigenvalue weighted by molar-refractivity contribution is 5.77. The molecule has 0 spiro atoms. The summed E-state index contributed by atoms with van der Waals surface area (Å²) in [6.07, 6.45) is 2.47. The minimum Gasteiger partial charge on any atom is -0.493 e. The van der Waals surface area contributed by atoms with Crippen molar-refractivity contribution in [3.05, 3.63) is 89.7 Å². The number of nitrogens with zero attached hydrogens (tertiary/aromatic N) is 2. The summed E-state index contributed by atoms with van der Waals surface area (Å²) in [6.45, 7) is 6.22. The van der Waals surface area contributed by atoms with Gasteiger partial charge in [0.25, 0.3) is 5.91 Å². The van der Waals surface area contributed by atoms with Gasteiger partial charge in [-0.3, -0.25) is 4.79 Å². The minimum absolute atomic E-state index is 0.0168. The second-order valence-corrected chi connectivity index (χ2v) is 8.69. The standard InChI is InChI=1S/C29H33N3O3/c1-22-15-16-23(2)27(20-22)34-19-9-18-32-26-13-7-6-12-25(26)31-28(32)14-8-17-30-29(33)21-35-24-10-4-3-5-11-24/h3-7,10-13,15-16,20H,8-9,14,17-19,21H2,1-2H3,(H,30,33). The predicted molar refractivity (Wildman–Crippen MR) is 139 cm³/mol. The molecular weight excluding hydrogens is 438 g/mol. The van der Waals surface area contributed by atoms with E-state index in [4.69, 9.17) is 14.5 Å². The van der Waals surface area contributed by atoms with Crippen LogP contribution in [0.5, 0.6) is 11.5 Å². The van der Waals surface area contributed by atoms with Crippen molar-refractivity contribution >= 4 is 16.9 Å². The van der Waals surface area contributed by atoms with Crippen LogP contribution >= 0.6 is 0 Å². The summed E-state index contributed by atoms with van der Waals surface area (Å²) in [7, 11) is 0. The fourth-order valence-corrected chi connectivity index (χ4v) is 4.02. The first-order valence-electron chi connectivity index (χ1n) is 12.2. The zero-order chi connectivity index (χ0) is 24.5. The van der Waals surface area contributed by atoms with Crippen molar-refractivity contribution in [2.45, 2.75) is 39.7 Å². The van der Waals surface area contributed by atoms with Crippen LogP contribution in [0.4, 0.5) is 0 Å². The summed E-state index contributed by atoms with van der Waals surface area (Å²) >= 11 is 0. The molecule has 0 bridgehead atoms. The summed E-state index contributed by atoms with van der Waals surface area (Å²) in [4.78, 5) is 17.0. The highest BCUT2D eigenvalue weighted by atomic mass is 16.5. The number of amides is 1. The lowest BCUT2D eigenvalue weighted by Gasteiger charge is -2.12. The summed E-state index contributed by atoms with van der Waals surface area (Å²) in [6, 6.07) is 23.9. The number of hydrogen-bond acceptors (Lipinski definition) is 4. The van der Waals surface area contributed by atoms with Gasteiger partial charge in [-0.05, 0) is 68.1 Å². The Kier molecular flexibility index (Phi) is 8.39. The van der Waals surface area contributed by atoms with E-state index in [1.807, 2.05) is 48.5 Å². The fraction of sp³-hybridized carbons (Fsp3) is 0.310. The summed E-state index contributed by atoms with van der Waals surface area (Å²) in [5.74, 6) is 2.56. The lowest BCUT2D eigenvalue weighted by molar-refractivity contribution is -0.123. The van der Waals surface area contributed by atoms with E-state index in [0.717, 1.165) is 54.0 Å². The molecule has 1 N–H and O–H groups in total. The van der Waals surface area contributed by atoms with E-state index < -0.39 is 0 Å². The Morgan fingerprint density at radius 2 is 1.74 bits per heavy atom. The molecule has 3 aromatic carbocycles. The largest absolute Gasteiger partial charge is 0.493 e. The normalized spacial score (nSPS) is 10.9. The number of hydrogen-bond donors (Lipinski definition) is 1. The van der Waals surface area contributed by atoms with Gasteiger partial charge >= 0.3 is 0 Å². The van der Waals surface area contributed by atoms with Gasteiger partial charge in [-0.2, -0.15) is 0 Å². The van der Waals surface area contributed by atoms with Crippen LogP contribution in [0.2, 0.25) is 0 Å². The molecule has 0 fully saturated rings. The van der Waals surface area contributed by atoms with E-state index >= 15 is 0 Å². The molecule has 1 heterocycles. The van der Waals surface area contributed by atoms with E-state index in [0.29, 0.717) is 18.9 Å². The zero-order valence-corrected chi connectivity index (χ0v) is 20.5. The first-order valence-corrected chi connectivity index (χ1v) is 12.2. The molecule has 0 saturated carbocycles. The Labute approximate surface area is 206 Å². The van der Waals surface area contributed by atoms with Gasteiger partial charge in [-0.15, -0.1) is 0 Å². The minimum atomic E-state index is -0.119. The topological polar surface area (TPSA) is 65.4 Å². The first kappa shape index (κ1) is 24.3. The second kappa shape index (κ2) is 12.1. The van der Waals surface area contributed by atoms with E-state index in [2.05, 4.69) is 48.0 Å². The quantitative estimate of drug-likeness (QED) is 0.287. The summed E-state index contributed by atoms with van der Waals surface area (Å²) in [5, 5.41) is 2.94. The molecule has 182 valence electrons. The fourth-order valence-electron chi connectivity index (χ4n) is 4.02. The molecule has 0 aliphatic heterocycles. The van der Waals surface area contributed by atoms with E-state index in [1.165, 1.54) is 5.56 Å². The van der Waals surface area contributed by atoms with Gasteiger partial charge in [-0.1, -0.05) is 42.5 Å². The van der Waals surface area contributed by atoms with Crippen LogP contribution in [0.3, 0.4) is 0 Å². The Bertz CT molecular complexity index is 1250. The van der Waals surface area contributed by atoms with Crippen LogP contribution in [0.25, 0.3) is 11.0 Å². The van der Waals surface area contributed by atoms with Crippen molar-refractivity contribution in [1.82, 2.24) is 14.9 Å². The van der Waals surface area contributed by atoms with Gasteiger partial charge in [0, 0.05) is 19.5 Å². The van der Waals surface area contributed by atoms with Gasteiger partial charge in [0.05, 0.1) is 17.6 Å². The van der Waals surface area contributed by atoms with Crippen molar-refractivity contribution in [3.8, 4) is 11.5 Å². The maximum atomic E-state index is 12.1. The maximum absolute atomic E-state index is 12.1. The Morgan fingerprint density at radius 3 is 2.60 bits per heavy atom. The monoisotopic (exact) mass is 471 g/mol. The molecule has 4 aromatic rings.